The lowest BCUT2D eigenvalue weighted by Crippen LogP contribution is -2.07. The zero-order valence-electron chi connectivity index (χ0n) is 14.1. The molecule has 1 heterocycles. The molecule has 0 unspecified atom stereocenters. The summed E-state index contributed by atoms with van der Waals surface area (Å²) in [6, 6.07) is 13.6. The molecule has 1 aromatic heterocycles. The third-order valence-corrected chi connectivity index (χ3v) is 4.27. The second kappa shape index (κ2) is 8.40. The van der Waals surface area contributed by atoms with Crippen molar-refractivity contribution in [3.63, 3.8) is 0 Å². The number of amides is 1. The second-order valence-electron chi connectivity index (χ2n) is 5.34. The third kappa shape index (κ3) is 4.55. The Morgan fingerprint density at radius 1 is 1.23 bits per heavy atom. The maximum absolute atomic E-state index is 13.0. The molecule has 4 nitrogen and oxygen atoms in total. The highest BCUT2D eigenvalue weighted by molar-refractivity contribution is 7.14. The Morgan fingerprint density at radius 3 is 2.77 bits per heavy atom. The highest BCUT2D eigenvalue weighted by atomic mass is 32.1. The number of aromatic nitrogens is 1. The molecule has 0 bridgehead atoms. The minimum atomic E-state index is -0.296. The number of benzene rings is 2. The van der Waals surface area contributed by atoms with Gasteiger partial charge in [0.1, 0.15) is 11.6 Å². The van der Waals surface area contributed by atoms with Crippen LogP contribution in [0, 0.1) is 5.82 Å². The van der Waals surface area contributed by atoms with Crippen LogP contribution in [0.4, 0.5) is 9.52 Å². The second-order valence-corrected chi connectivity index (χ2v) is 6.20. The van der Waals surface area contributed by atoms with Gasteiger partial charge in [-0.2, -0.15) is 0 Å². The third-order valence-electron chi connectivity index (χ3n) is 3.51. The van der Waals surface area contributed by atoms with Gasteiger partial charge in [-0.3, -0.25) is 10.1 Å². The molecular weight excluding hydrogens is 351 g/mol. The summed E-state index contributed by atoms with van der Waals surface area (Å²) < 4.78 is 18.5. The van der Waals surface area contributed by atoms with E-state index >= 15 is 0 Å². The number of ether oxygens (including phenoxy) is 1. The van der Waals surface area contributed by atoms with Gasteiger partial charge in [0.05, 0.1) is 12.3 Å². The molecule has 1 amide bonds. The minimum absolute atomic E-state index is 0.281. The molecule has 0 aliphatic carbocycles. The molecule has 0 aliphatic rings. The Bertz CT molecular complexity index is 920. The fourth-order valence-corrected chi connectivity index (χ4v) is 3.02. The van der Waals surface area contributed by atoms with Gasteiger partial charge in [-0.15, -0.1) is 11.3 Å². The number of para-hydroxylation sites is 1. The molecule has 0 aliphatic heterocycles. The molecule has 3 aromatic rings. The van der Waals surface area contributed by atoms with Crippen LogP contribution in [0.15, 0.2) is 60.0 Å². The van der Waals surface area contributed by atoms with Crippen LogP contribution in [0.5, 0.6) is 5.75 Å². The number of carbonyl (C=O) groups excluding carboxylic acids is 1. The number of nitrogens with one attached hydrogen (secondary N) is 1. The molecule has 3 rings (SSSR count). The van der Waals surface area contributed by atoms with Crippen molar-refractivity contribution in [3.8, 4) is 17.0 Å². The number of thiazole rings is 1. The molecule has 1 N–H and O–H groups in total. The Hall–Kier alpha value is -2.99. The lowest BCUT2D eigenvalue weighted by atomic mass is 10.2. The summed E-state index contributed by atoms with van der Waals surface area (Å²) in [5.74, 6) is 0.151. The van der Waals surface area contributed by atoms with E-state index in [9.17, 15) is 9.18 Å². The molecule has 2 aromatic carbocycles. The maximum Gasteiger partial charge on any atom is 0.250 e. The molecule has 0 atom stereocenters. The van der Waals surface area contributed by atoms with E-state index in [1.54, 1.807) is 18.2 Å². The highest BCUT2D eigenvalue weighted by Crippen LogP contribution is 2.25. The number of nitrogens with zero attached hydrogens (tertiary/aromatic N) is 1. The highest BCUT2D eigenvalue weighted by Gasteiger charge is 2.07. The normalized spacial score (nSPS) is 10.8. The minimum Gasteiger partial charge on any atom is -0.493 e. The quantitative estimate of drug-likeness (QED) is 0.623. The Labute approximate surface area is 155 Å². The van der Waals surface area contributed by atoms with Crippen molar-refractivity contribution in [1.29, 1.82) is 0 Å². The van der Waals surface area contributed by atoms with Gasteiger partial charge in [-0.1, -0.05) is 18.2 Å². The van der Waals surface area contributed by atoms with E-state index in [4.69, 9.17) is 4.74 Å². The molecule has 0 saturated heterocycles. The van der Waals surface area contributed by atoms with Crippen LogP contribution < -0.4 is 10.1 Å². The Kier molecular flexibility index (Phi) is 5.76. The van der Waals surface area contributed by atoms with Gasteiger partial charge in [-0.25, -0.2) is 9.37 Å². The molecule has 6 heteroatoms. The van der Waals surface area contributed by atoms with E-state index in [1.165, 1.54) is 29.5 Å². The maximum atomic E-state index is 13.0. The van der Waals surface area contributed by atoms with Crippen LogP contribution in [-0.4, -0.2) is 17.5 Å². The number of halogens is 1. The summed E-state index contributed by atoms with van der Waals surface area (Å²) in [5, 5.41) is 5.03. The van der Waals surface area contributed by atoms with Gasteiger partial charge in [0.15, 0.2) is 5.13 Å². The van der Waals surface area contributed by atoms with E-state index in [1.807, 2.05) is 36.6 Å². The number of carbonyl (C=O) groups is 1. The number of hydrogen-bond donors (Lipinski definition) is 1. The van der Waals surface area contributed by atoms with Crippen LogP contribution in [0.1, 0.15) is 12.5 Å². The summed E-state index contributed by atoms with van der Waals surface area (Å²) in [5.41, 5.74) is 2.32. The van der Waals surface area contributed by atoms with Crippen molar-refractivity contribution in [2.75, 3.05) is 11.9 Å². The van der Waals surface area contributed by atoms with E-state index < -0.39 is 0 Å². The van der Waals surface area contributed by atoms with Gasteiger partial charge >= 0.3 is 0 Å². The van der Waals surface area contributed by atoms with Crippen molar-refractivity contribution >= 4 is 28.5 Å². The first-order chi connectivity index (χ1) is 12.7. The predicted octanol–water partition coefficient (Wildman–Crippen LogP) is 5.00. The summed E-state index contributed by atoms with van der Waals surface area (Å²) in [4.78, 5) is 16.5. The van der Waals surface area contributed by atoms with Crippen molar-refractivity contribution < 1.29 is 13.9 Å². The Morgan fingerprint density at radius 2 is 2.00 bits per heavy atom. The van der Waals surface area contributed by atoms with Gasteiger partial charge in [-0.05, 0) is 43.3 Å². The lowest BCUT2D eigenvalue weighted by Gasteiger charge is -2.06. The number of rotatable bonds is 6. The molecular formula is C20H17FN2O2S. The lowest BCUT2D eigenvalue weighted by molar-refractivity contribution is -0.111. The van der Waals surface area contributed by atoms with Gasteiger partial charge < -0.3 is 4.74 Å². The molecule has 0 radical (unpaired) electrons. The number of hydrogen-bond acceptors (Lipinski definition) is 4. The SMILES string of the molecule is CCOc1ccccc1C=CC(=O)Nc1nc(-c2ccc(F)cc2)cs1. The van der Waals surface area contributed by atoms with Crippen molar-refractivity contribution in [3.05, 3.63) is 71.4 Å². The first kappa shape index (κ1) is 17.8. The van der Waals surface area contributed by atoms with Crippen LogP contribution in [0.2, 0.25) is 0 Å². The van der Waals surface area contributed by atoms with Gasteiger partial charge in [0.2, 0.25) is 5.91 Å². The summed E-state index contributed by atoms with van der Waals surface area (Å²) in [6.45, 7) is 2.47. The predicted molar refractivity (Wildman–Crippen MR) is 103 cm³/mol. The van der Waals surface area contributed by atoms with Crippen LogP contribution in [-0.2, 0) is 4.79 Å². The Balaban J connectivity index is 1.66. The topological polar surface area (TPSA) is 51.2 Å². The van der Waals surface area contributed by atoms with E-state index in [2.05, 4.69) is 10.3 Å². The average Bonchev–Trinajstić information content (AvgIpc) is 3.10. The zero-order valence-corrected chi connectivity index (χ0v) is 14.9. The first-order valence-corrected chi connectivity index (χ1v) is 8.96. The van der Waals surface area contributed by atoms with E-state index in [-0.39, 0.29) is 11.7 Å². The van der Waals surface area contributed by atoms with E-state index in [0.29, 0.717) is 17.4 Å². The fraction of sp³-hybridized carbons (Fsp3) is 0.100. The standard InChI is InChI=1S/C20H17FN2O2S/c1-2-25-18-6-4-3-5-15(18)9-12-19(24)23-20-22-17(13-26-20)14-7-10-16(21)11-8-14/h3-13H,2H2,1H3,(H,22,23,24). The van der Waals surface area contributed by atoms with Crippen LogP contribution in [0.3, 0.4) is 0 Å². The van der Waals surface area contributed by atoms with Gasteiger partial charge in [0, 0.05) is 22.6 Å². The van der Waals surface area contributed by atoms with Crippen molar-refractivity contribution in [1.82, 2.24) is 4.98 Å². The summed E-state index contributed by atoms with van der Waals surface area (Å²) >= 11 is 1.31. The monoisotopic (exact) mass is 368 g/mol. The van der Waals surface area contributed by atoms with Gasteiger partial charge in [0.25, 0.3) is 0 Å². The average molecular weight is 368 g/mol. The largest absolute Gasteiger partial charge is 0.493 e. The summed E-state index contributed by atoms with van der Waals surface area (Å²) in [7, 11) is 0. The summed E-state index contributed by atoms with van der Waals surface area (Å²) in [6.07, 6.45) is 3.14. The zero-order chi connectivity index (χ0) is 18.4. The molecule has 26 heavy (non-hydrogen) atoms. The van der Waals surface area contributed by atoms with Crippen LogP contribution in [0.25, 0.3) is 17.3 Å². The van der Waals surface area contributed by atoms with Crippen LogP contribution >= 0.6 is 11.3 Å². The molecule has 0 saturated carbocycles. The fourth-order valence-electron chi connectivity index (χ4n) is 2.30. The first-order valence-electron chi connectivity index (χ1n) is 8.08. The molecule has 132 valence electrons. The van der Waals surface area contributed by atoms with Crippen molar-refractivity contribution in [2.24, 2.45) is 0 Å². The number of anilines is 1. The molecule has 0 spiro atoms. The smallest absolute Gasteiger partial charge is 0.250 e. The van der Waals surface area contributed by atoms with E-state index in [0.717, 1.165) is 16.9 Å². The van der Waals surface area contributed by atoms with Crippen molar-refractivity contribution in [2.45, 2.75) is 6.92 Å². The molecule has 0 fully saturated rings.